The van der Waals surface area contributed by atoms with Gasteiger partial charge in [0, 0.05) is 0 Å². The van der Waals surface area contributed by atoms with E-state index in [9.17, 15) is 4.79 Å². The molecule has 0 aliphatic heterocycles. The molecule has 0 aliphatic carbocycles. The van der Waals surface area contributed by atoms with Gasteiger partial charge in [0.2, 0.25) is 0 Å². The zero-order valence-corrected chi connectivity index (χ0v) is 21.4. The zero-order valence-electron chi connectivity index (χ0n) is 16.3. The van der Waals surface area contributed by atoms with Crippen molar-refractivity contribution in [2.24, 2.45) is 0 Å². The van der Waals surface area contributed by atoms with Crippen molar-refractivity contribution in [1.29, 1.82) is 0 Å². The molecule has 0 bridgehead atoms. The molecule has 1 nitrogen and oxygen atoms in total. The third kappa shape index (κ3) is 6.90. The molecule has 0 atom stereocenters. The summed E-state index contributed by atoms with van der Waals surface area (Å²) in [5, 5.41) is 0. The average Bonchev–Trinajstić information content (AvgIpc) is 2.78. The molecule has 4 heteroatoms. The van der Waals surface area contributed by atoms with Gasteiger partial charge in [0.05, 0.1) is 0 Å². The van der Waals surface area contributed by atoms with Gasteiger partial charge in [-0.25, -0.2) is 0 Å². The molecule has 0 saturated heterocycles. The molecule has 3 rings (SSSR count). The summed E-state index contributed by atoms with van der Waals surface area (Å²) in [6.45, 7) is 0. The third-order valence-electron chi connectivity index (χ3n) is 3.99. The second-order valence-corrected chi connectivity index (χ2v) is 11.0. The van der Waals surface area contributed by atoms with Gasteiger partial charge in [-0.05, 0) is 0 Å². The topological polar surface area (TPSA) is 17.1 Å². The minimum atomic E-state index is 0.428. The van der Waals surface area contributed by atoms with Crippen LogP contribution in [0.15, 0.2) is 72.8 Å². The molecule has 0 N–H and O–H groups in total. The Morgan fingerprint density at radius 1 is 0.536 bits per heavy atom. The van der Waals surface area contributed by atoms with Gasteiger partial charge in [0.1, 0.15) is 0 Å². The first-order valence-corrected chi connectivity index (χ1v) is 16.5. The normalized spacial score (nSPS) is 10.4. The van der Waals surface area contributed by atoms with Crippen molar-refractivity contribution in [3.8, 4) is 0 Å². The van der Waals surface area contributed by atoms with Crippen molar-refractivity contribution < 1.29 is 4.79 Å². The number of hydrogen-bond acceptors (Lipinski definition) is 1. The van der Waals surface area contributed by atoms with Crippen LogP contribution in [0.4, 0.5) is 0 Å². The fourth-order valence-corrected chi connectivity index (χ4v) is 6.20. The van der Waals surface area contributed by atoms with Gasteiger partial charge in [-0.3, -0.25) is 0 Å². The van der Waals surface area contributed by atoms with Crippen molar-refractivity contribution in [2.45, 2.75) is 17.5 Å². The van der Waals surface area contributed by atoms with Crippen LogP contribution < -0.4 is 13.4 Å². The number of carbonyl (C=O) groups excluding carboxylic acids is 1. The number of carbonyl (C=O) groups is 1. The van der Waals surface area contributed by atoms with Crippen LogP contribution in [-0.4, -0.2) is 51.2 Å². The average molecular weight is 565 g/mol. The summed E-state index contributed by atoms with van der Waals surface area (Å²) < 4.78 is 4.13. The number of aldehydes is 1. The SMILES string of the molecule is C[Se]c1ccccc1/C=C/c1ccccc1[Se]C.C[Se]c1ccccc1C=O. The fourth-order valence-electron chi connectivity index (χ4n) is 2.55. The van der Waals surface area contributed by atoms with Crippen LogP contribution in [-0.2, 0) is 0 Å². The van der Waals surface area contributed by atoms with Gasteiger partial charge in [-0.1, -0.05) is 0 Å². The number of hydrogen-bond donors (Lipinski definition) is 0. The quantitative estimate of drug-likeness (QED) is 0.254. The molecule has 3 aromatic carbocycles. The Bertz CT molecular complexity index is 869. The second-order valence-electron chi connectivity index (χ2n) is 5.68. The van der Waals surface area contributed by atoms with Gasteiger partial charge in [-0.2, -0.15) is 0 Å². The summed E-state index contributed by atoms with van der Waals surface area (Å²) in [6.07, 6.45) is 5.43. The van der Waals surface area contributed by atoms with E-state index in [2.05, 4.69) is 78.1 Å². The van der Waals surface area contributed by atoms with Crippen molar-refractivity contribution >= 4 is 76.7 Å². The Morgan fingerprint density at radius 3 is 1.18 bits per heavy atom. The van der Waals surface area contributed by atoms with E-state index >= 15 is 0 Å². The molecule has 28 heavy (non-hydrogen) atoms. The molecule has 0 unspecified atom stereocenters. The Kier molecular flexibility index (Phi) is 10.6. The van der Waals surface area contributed by atoms with Crippen molar-refractivity contribution in [2.75, 3.05) is 0 Å². The molecule has 0 aromatic heterocycles. The van der Waals surface area contributed by atoms with E-state index in [-0.39, 0.29) is 0 Å². The number of benzene rings is 3. The summed E-state index contributed by atoms with van der Waals surface area (Å²) in [5.74, 6) is 6.64. The fraction of sp³-hybridized carbons (Fsp3) is 0.125. The number of rotatable bonds is 6. The Balaban J connectivity index is 0.000000237. The van der Waals surface area contributed by atoms with Crippen LogP contribution in [0.3, 0.4) is 0 Å². The van der Waals surface area contributed by atoms with Crippen LogP contribution in [0.5, 0.6) is 0 Å². The van der Waals surface area contributed by atoms with E-state index in [1.54, 1.807) is 0 Å². The summed E-state index contributed by atoms with van der Waals surface area (Å²) >= 11 is 1.53. The van der Waals surface area contributed by atoms with Crippen molar-refractivity contribution in [1.82, 2.24) is 0 Å². The van der Waals surface area contributed by atoms with Gasteiger partial charge in [0.25, 0.3) is 0 Å². The summed E-state index contributed by atoms with van der Waals surface area (Å²) in [6, 6.07) is 25.1. The monoisotopic (exact) mass is 568 g/mol. The van der Waals surface area contributed by atoms with E-state index in [0.717, 1.165) is 11.8 Å². The van der Waals surface area contributed by atoms with Gasteiger partial charge in [-0.15, -0.1) is 0 Å². The molecule has 0 radical (unpaired) electrons. The van der Waals surface area contributed by atoms with E-state index in [1.807, 2.05) is 24.3 Å². The Morgan fingerprint density at radius 2 is 0.857 bits per heavy atom. The molecule has 0 fully saturated rings. The molecule has 0 heterocycles. The first-order valence-electron chi connectivity index (χ1n) is 8.75. The van der Waals surface area contributed by atoms with E-state index in [0.29, 0.717) is 44.9 Å². The molecule has 0 aliphatic rings. The van der Waals surface area contributed by atoms with Crippen LogP contribution in [0.1, 0.15) is 21.5 Å². The minimum absolute atomic E-state index is 0.428. The summed E-state index contributed by atoms with van der Waals surface area (Å²) in [7, 11) is 0. The standard InChI is InChI=1S/C16H16Se2.C8H8OSe/c1-17-15-9-5-3-7-13(15)11-12-14-8-4-6-10-16(14)18-2;1-10-8-5-3-2-4-7(8)6-9/h3-12H,1-2H3;2-6H,1H3/b12-11+;. The van der Waals surface area contributed by atoms with E-state index < -0.39 is 0 Å². The second kappa shape index (κ2) is 13.0. The summed E-state index contributed by atoms with van der Waals surface area (Å²) in [5.41, 5.74) is 3.56. The molecule has 3 aromatic rings. The molecule has 0 spiro atoms. The van der Waals surface area contributed by atoms with Crippen LogP contribution in [0.2, 0.25) is 17.5 Å². The van der Waals surface area contributed by atoms with E-state index in [1.165, 1.54) is 24.5 Å². The first kappa shape index (κ1) is 22.9. The van der Waals surface area contributed by atoms with Gasteiger partial charge in [0.15, 0.2) is 0 Å². The maximum absolute atomic E-state index is 10.4. The Labute approximate surface area is 187 Å². The molecular weight excluding hydrogens is 541 g/mol. The molecule has 144 valence electrons. The van der Waals surface area contributed by atoms with Crippen LogP contribution in [0, 0.1) is 0 Å². The first-order chi connectivity index (χ1) is 13.7. The van der Waals surface area contributed by atoms with Crippen LogP contribution >= 0.6 is 0 Å². The third-order valence-corrected chi connectivity index (χ3v) is 9.09. The summed E-state index contributed by atoms with van der Waals surface area (Å²) in [4.78, 5) is 10.4. The van der Waals surface area contributed by atoms with E-state index in [4.69, 9.17) is 0 Å². The van der Waals surface area contributed by atoms with Gasteiger partial charge >= 0.3 is 188 Å². The molecular formula is C24H24OSe3. The Hall–Kier alpha value is -1.37. The molecule has 0 amide bonds. The van der Waals surface area contributed by atoms with Crippen LogP contribution in [0.25, 0.3) is 12.2 Å². The van der Waals surface area contributed by atoms with Gasteiger partial charge < -0.3 is 0 Å². The maximum atomic E-state index is 10.4. The molecule has 0 saturated carbocycles. The predicted octanol–water partition coefficient (Wildman–Crippen LogP) is 3.49. The van der Waals surface area contributed by atoms with Crippen molar-refractivity contribution in [3.05, 3.63) is 89.5 Å². The predicted molar refractivity (Wildman–Crippen MR) is 127 cm³/mol. The zero-order chi connectivity index (χ0) is 20.2. The van der Waals surface area contributed by atoms with Crippen molar-refractivity contribution in [3.63, 3.8) is 0 Å².